The summed E-state index contributed by atoms with van der Waals surface area (Å²) in [6.45, 7) is 1.99. The second-order valence-corrected chi connectivity index (χ2v) is 5.79. The number of anilines is 2. The Labute approximate surface area is 113 Å². The van der Waals surface area contributed by atoms with Crippen LogP contribution in [0.5, 0.6) is 0 Å². The molecule has 0 bridgehead atoms. The lowest BCUT2D eigenvalue weighted by molar-refractivity contribution is 0.0697. The Hall–Kier alpha value is -1.71. The van der Waals surface area contributed by atoms with Crippen molar-refractivity contribution in [2.45, 2.75) is 25.7 Å². The summed E-state index contributed by atoms with van der Waals surface area (Å²) in [5.74, 6) is 0.595. The topological polar surface area (TPSA) is 66.6 Å². The lowest BCUT2D eigenvalue weighted by Gasteiger charge is -2.22. The SMILES string of the molecule is Nc1ccc(N2CC3CCCCC3C2)c(C(=O)O)c1. The lowest BCUT2D eigenvalue weighted by Crippen LogP contribution is -2.22. The van der Waals surface area contributed by atoms with Crippen molar-refractivity contribution in [1.29, 1.82) is 0 Å². The van der Waals surface area contributed by atoms with Gasteiger partial charge in [0.2, 0.25) is 0 Å². The summed E-state index contributed by atoms with van der Waals surface area (Å²) in [5, 5.41) is 9.33. The molecular weight excluding hydrogens is 240 g/mol. The summed E-state index contributed by atoms with van der Waals surface area (Å²) in [6.07, 6.45) is 5.22. The molecular formula is C15H20N2O2. The molecule has 1 saturated carbocycles. The second-order valence-electron chi connectivity index (χ2n) is 5.79. The van der Waals surface area contributed by atoms with Crippen LogP contribution in [0, 0.1) is 11.8 Å². The Bertz CT molecular complexity index is 487. The highest BCUT2D eigenvalue weighted by molar-refractivity contribution is 5.95. The van der Waals surface area contributed by atoms with Crippen LogP contribution >= 0.6 is 0 Å². The van der Waals surface area contributed by atoms with Crippen molar-refractivity contribution in [1.82, 2.24) is 0 Å². The number of nitrogens with zero attached hydrogens (tertiary/aromatic N) is 1. The Kier molecular flexibility index (Phi) is 3.09. The molecule has 3 N–H and O–H groups in total. The molecule has 19 heavy (non-hydrogen) atoms. The number of fused-ring (bicyclic) bond motifs is 1. The third kappa shape index (κ3) is 2.27. The highest BCUT2D eigenvalue weighted by Crippen LogP contribution is 2.39. The van der Waals surface area contributed by atoms with Gasteiger partial charge >= 0.3 is 5.97 Å². The van der Waals surface area contributed by atoms with E-state index in [4.69, 9.17) is 5.73 Å². The Balaban J connectivity index is 1.88. The van der Waals surface area contributed by atoms with E-state index in [0.29, 0.717) is 11.3 Å². The van der Waals surface area contributed by atoms with E-state index in [9.17, 15) is 9.90 Å². The summed E-state index contributed by atoms with van der Waals surface area (Å²) in [6, 6.07) is 5.22. The van der Waals surface area contributed by atoms with Gasteiger partial charge in [-0.15, -0.1) is 0 Å². The fraction of sp³-hybridized carbons (Fsp3) is 0.533. The first-order chi connectivity index (χ1) is 9.15. The summed E-state index contributed by atoms with van der Waals surface area (Å²) in [4.78, 5) is 13.6. The van der Waals surface area contributed by atoms with Crippen LogP contribution in [0.2, 0.25) is 0 Å². The van der Waals surface area contributed by atoms with Gasteiger partial charge in [0, 0.05) is 18.8 Å². The van der Waals surface area contributed by atoms with Gasteiger partial charge in [-0.3, -0.25) is 0 Å². The van der Waals surface area contributed by atoms with Gasteiger partial charge in [-0.2, -0.15) is 0 Å². The minimum absolute atomic E-state index is 0.332. The number of nitrogens with two attached hydrogens (primary N) is 1. The molecule has 3 rings (SSSR count). The lowest BCUT2D eigenvalue weighted by atomic mass is 9.82. The molecule has 1 aromatic carbocycles. The molecule has 2 aliphatic rings. The van der Waals surface area contributed by atoms with Gasteiger partial charge in [-0.25, -0.2) is 4.79 Å². The van der Waals surface area contributed by atoms with Crippen LogP contribution in [-0.2, 0) is 0 Å². The first-order valence-electron chi connectivity index (χ1n) is 7.03. The average molecular weight is 260 g/mol. The zero-order chi connectivity index (χ0) is 13.4. The van der Waals surface area contributed by atoms with Crippen molar-refractivity contribution in [2.75, 3.05) is 23.7 Å². The number of nitrogen functional groups attached to an aromatic ring is 1. The minimum atomic E-state index is -0.892. The molecule has 2 unspecified atom stereocenters. The van der Waals surface area contributed by atoms with Crippen LogP contribution in [0.15, 0.2) is 18.2 Å². The number of aromatic carboxylic acids is 1. The molecule has 0 radical (unpaired) electrons. The van der Waals surface area contributed by atoms with Crippen molar-refractivity contribution in [3.63, 3.8) is 0 Å². The molecule has 0 spiro atoms. The van der Waals surface area contributed by atoms with Crippen molar-refractivity contribution in [3.8, 4) is 0 Å². The van der Waals surface area contributed by atoms with Gasteiger partial charge in [0.1, 0.15) is 0 Å². The quantitative estimate of drug-likeness (QED) is 0.802. The third-order valence-electron chi connectivity index (χ3n) is 4.57. The first-order valence-corrected chi connectivity index (χ1v) is 7.03. The Morgan fingerprint density at radius 3 is 2.42 bits per heavy atom. The number of benzene rings is 1. The molecule has 102 valence electrons. The van der Waals surface area contributed by atoms with Crippen LogP contribution in [0.1, 0.15) is 36.0 Å². The molecule has 0 amide bonds. The first kappa shape index (κ1) is 12.3. The number of carboxylic acids is 1. The predicted molar refractivity (Wildman–Crippen MR) is 75.5 cm³/mol. The maximum Gasteiger partial charge on any atom is 0.337 e. The summed E-state index contributed by atoms with van der Waals surface area (Å²) < 4.78 is 0. The minimum Gasteiger partial charge on any atom is -0.478 e. The summed E-state index contributed by atoms with van der Waals surface area (Å²) in [5.41, 5.74) is 7.37. The molecule has 1 aliphatic carbocycles. The average Bonchev–Trinajstić information content (AvgIpc) is 2.82. The Morgan fingerprint density at radius 1 is 1.21 bits per heavy atom. The number of hydrogen-bond donors (Lipinski definition) is 2. The normalized spacial score (nSPS) is 26.2. The van der Waals surface area contributed by atoms with E-state index in [-0.39, 0.29) is 0 Å². The van der Waals surface area contributed by atoms with Gasteiger partial charge in [-0.05, 0) is 42.9 Å². The van der Waals surface area contributed by atoms with Crippen molar-refractivity contribution in [2.24, 2.45) is 11.8 Å². The maximum absolute atomic E-state index is 11.4. The molecule has 1 aliphatic heterocycles. The van der Waals surface area contributed by atoms with Crippen LogP contribution in [0.3, 0.4) is 0 Å². The van der Waals surface area contributed by atoms with Gasteiger partial charge in [0.05, 0.1) is 11.3 Å². The summed E-state index contributed by atoms with van der Waals surface area (Å²) in [7, 11) is 0. The van der Waals surface area contributed by atoms with Crippen molar-refractivity contribution >= 4 is 17.3 Å². The molecule has 1 aromatic rings. The van der Waals surface area contributed by atoms with Gasteiger partial charge in [0.25, 0.3) is 0 Å². The van der Waals surface area contributed by atoms with Crippen LogP contribution < -0.4 is 10.6 Å². The van der Waals surface area contributed by atoms with Crippen LogP contribution in [0.4, 0.5) is 11.4 Å². The van der Waals surface area contributed by atoms with E-state index in [0.717, 1.165) is 30.6 Å². The van der Waals surface area contributed by atoms with Crippen LogP contribution in [0.25, 0.3) is 0 Å². The molecule has 1 saturated heterocycles. The molecule has 2 fully saturated rings. The largest absolute Gasteiger partial charge is 0.478 e. The van der Waals surface area contributed by atoms with Gasteiger partial charge < -0.3 is 15.7 Å². The van der Waals surface area contributed by atoms with E-state index in [1.807, 2.05) is 6.07 Å². The smallest absolute Gasteiger partial charge is 0.337 e. The fourth-order valence-corrected chi connectivity index (χ4v) is 3.60. The monoisotopic (exact) mass is 260 g/mol. The number of carbonyl (C=O) groups is 1. The predicted octanol–water partition coefficient (Wildman–Crippen LogP) is 2.59. The summed E-state index contributed by atoms with van der Waals surface area (Å²) >= 11 is 0. The van der Waals surface area contributed by atoms with E-state index < -0.39 is 5.97 Å². The van der Waals surface area contributed by atoms with E-state index in [1.165, 1.54) is 25.7 Å². The third-order valence-corrected chi connectivity index (χ3v) is 4.57. The standard InChI is InChI=1S/C15H20N2O2/c16-12-5-6-14(13(7-12)15(18)19)17-8-10-3-1-2-4-11(10)9-17/h5-7,10-11H,1-4,8-9,16H2,(H,18,19). The number of rotatable bonds is 2. The van der Waals surface area contributed by atoms with Crippen LogP contribution in [-0.4, -0.2) is 24.2 Å². The van der Waals surface area contributed by atoms with Gasteiger partial charge in [-0.1, -0.05) is 12.8 Å². The zero-order valence-corrected chi connectivity index (χ0v) is 11.0. The van der Waals surface area contributed by atoms with Crippen molar-refractivity contribution < 1.29 is 9.90 Å². The van der Waals surface area contributed by atoms with E-state index in [2.05, 4.69) is 4.90 Å². The number of hydrogen-bond acceptors (Lipinski definition) is 3. The highest BCUT2D eigenvalue weighted by atomic mass is 16.4. The molecule has 4 nitrogen and oxygen atoms in total. The van der Waals surface area contributed by atoms with E-state index in [1.54, 1.807) is 12.1 Å². The fourth-order valence-electron chi connectivity index (χ4n) is 3.60. The molecule has 0 aromatic heterocycles. The zero-order valence-electron chi connectivity index (χ0n) is 11.0. The molecule has 4 heteroatoms. The van der Waals surface area contributed by atoms with Gasteiger partial charge in [0.15, 0.2) is 0 Å². The molecule has 1 heterocycles. The highest BCUT2D eigenvalue weighted by Gasteiger charge is 2.35. The maximum atomic E-state index is 11.4. The van der Waals surface area contributed by atoms with Crippen molar-refractivity contribution in [3.05, 3.63) is 23.8 Å². The molecule has 2 atom stereocenters. The Morgan fingerprint density at radius 2 is 1.84 bits per heavy atom. The second kappa shape index (κ2) is 4.76. The number of carboxylic acid groups (broad SMARTS) is 1. The van der Waals surface area contributed by atoms with E-state index >= 15 is 0 Å².